The van der Waals surface area contributed by atoms with Gasteiger partial charge in [-0.3, -0.25) is 14.4 Å². The van der Waals surface area contributed by atoms with Crippen molar-refractivity contribution in [1.82, 2.24) is 4.90 Å². The lowest BCUT2D eigenvalue weighted by molar-refractivity contribution is -0.189. The number of amides is 1. The number of carbonyl (C=O) groups is 4. The zero-order valence-electron chi connectivity index (χ0n) is 9.37. The van der Waals surface area contributed by atoms with Crippen molar-refractivity contribution >= 4 is 35.2 Å². The molecule has 0 aromatic heterocycles. The first-order valence-corrected chi connectivity index (χ1v) is 6.24. The smallest absolute Gasteiger partial charge is 0.339 e. The summed E-state index contributed by atoms with van der Waals surface area (Å²) >= 11 is 1.14. The number of piperidine rings is 2. The number of ketones is 2. The highest BCUT2D eigenvalue weighted by Crippen LogP contribution is 2.62. The van der Waals surface area contributed by atoms with E-state index in [-0.39, 0.29) is 6.54 Å². The van der Waals surface area contributed by atoms with Gasteiger partial charge in [-0.15, -0.1) is 11.8 Å². The van der Waals surface area contributed by atoms with Gasteiger partial charge in [0.05, 0.1) is 10.1 Å². The van der Waals surface area contributed by atoms with Crippen LogP contribution in [-0.2, 0) is 19.2 Å². The Morgan fingerprint density at radius 2 is 2.11 bits per heavy atom. The number of Topliss-reactive ketones (excluding diaryl/α,β-unsaturated/α-hetero) is 2. The summed E-state index contributed by atoms with van der Waals surface area (Å²) in [5, 5.41) is 8.88. The minimum absolute atomic E-state index is 0.101. The maximum absolute atomic E-state index is 12.1. The topological polar surface area (TPSA) is 118 Å². The van der Waals surface area contributed by atoms with E-state index >= 15 is 0 Å². The molecule has 0 radical (unpaired) electrons. The molecule has 7 nitrogen and oxygen atoms in total. The van der Waals surface area contributed by atoms with E-state index in [2.05, 4.69) is 0 Å². The van der Waals surface area contributed by atoms with Crippen LogP contribution in [-0.4, -0.2) is 55.7 Å². The van der Waals surface area contributed by atoms with E-state index in [1.54, 1.807) is 0 Å². The molecular weight excluding hydrogens is 260 g/mol. The highest BCUT2D eigenvalue weighted by molar-refractivity contribution is 8.02. The number of β-lactam (4-membered cyclic amide) rings is 1. The van der Waals surface area contributed by atoms with Crippen LogP contribution in [0.4, 0.5) is 0 Å². The SMILES string of the molecule is CC1(CN)S[C@@H]2[C@@H]3C(=O)C(=O)[C@@]1(C(=O)O)N2C3=O. The molecule has 1 amide bonds. The molecule has 18 heavy (non-hydrogen) atoms. The average molecular weight is 270 g/mol. The van der Waals surface area contributed by atoms with Crippen molar-refractivity contribution in [3.8, 4) is 0 Å². The second-order valence-corrected chi connectivity index (χ2v) is 6.46. The predicted molar refractivity (Wildman–Crippen MR) is 59.6 cm³/mol. The van der Waals surface area contributed by atoms with Crippen molar-refractivity contribution in [1.29, 1.82) is 0 Å². The second kappa shape index (κ2) is 2.94. The van der Waals surface area contributed by atoms with Gasteiger partial charge in [0, 0.05) is 6.54 Å². The minimum Gasteiger partial charge on any atom is -0.479 e. The van der Waals surface area contributed by atoms with Crippen LogP contribution in [0.3, 0.4) is 0 Å². The van der Waals surface area contributed by atoms with E-state index in [0.717, 1.165) is 16.7 Å². The van der Waals surface area contributed by atoms with Crippen molar-refractivity contribution in [3.05, 3.63) is 0 Å². The number of carboxylic acids is 1. The van der Waals surface area contributed by atoms with Gasteiger partial charge in [0.2, 0.25) is 23.0 Å². The number of thioether (sulfide) groups is 1. The number of hydrogen-bond acceptors (Lipinski definition) is 6. The molecule has 3 fully saturated rings. The van der Waals surface area contributed by atoms with Crippen LogP contribution >= 0.6 is 11.8 Å². The van der Waals surface area contributed by atoms with Crippen LogP contribution in [0.15, 0.2) is 0 Å². The first-order valence-electron chi connectivity index (χ1n) is 5.36. The standard InChI is InChI=1S/C10H10N2O5S/c1-9(2-11)10(8(16)17)5(14)4(13)3-6(15)12(10)7(3)18-9/h3,7H,2,11H2,1H3,(H,16,17)/t3-,7-,9?,10+/m1/s1. The van der Waals surface area contributed by atoms with Gasteiger partial charge in [-0.1, -0.05) is 0 Å². The third-order valence-electron chi connectivity index (χ3n) is 4.08. The Labute approximate surface area is 106 Å². The van der Waals surface area contributed by atoms with E-state index in [1.165, 1.54) is 6.92 Å². The second-order valence-electron chi connectivity index (χ2n) is 4.84. The average Bonchev–Trinajstić information content (AvgIpc) is 2.52. The Bertz CT molecular complexity index is 534. The Hall–Kier alpha value is -1.41. The van der Waals surface area contributed by atoms with Crippen molar-refractivity contribution in [3.63, 3.8) is 0 Å². The summed E-state index contributed by atoms with van der Waals surface area (Å²) in [6.45, 7) is 1.42. The Morgan fingerprint density at radius 1 is 1.50 bits per heavy atom. The van der Waals surface area contributed by atoms with E-state index in [0.29, 0.717) is 0 Å². The Morgan fingerprint density at radius 3 is 2.61 bits per heavy atom. The number of nitrogens with two attached hydrogens (primary N) is 1. The van der Waals surface area contributed by atoms with Crippen molar-refractivity contribution in [2.45, 2.75) is 22.6 Å². The lowest BCUT2D eigenvalue weighted by atomic mass is 9.67. The molecule has 4 bridgehead atoms. The lowest BCUT2D eigenvalue weighted by Crippen LogP contribution is -2.82. The first-order chi connectivity index (χ1) is 8.33. The van der Waals surface area contributed by atoms with Crippen LogP contribution in [0.25, 0.3) is 0 Å². The number of carbonyl (C=O) groups excluding carboxylic acids is 3. The molecule has 1 unspecified atom stereocenters. The fraction of sp³-hybridized carbons (Fsp3) is 0.600. The molecule has 0 spiro atoms. The van der Waals surface area contributed by atoms with Crippen LogP contribution < -0.4 is 5.73 Å². The maximum atomic E-state index is 12.1. The van der Waals surface area contributed by atoms with E-state index in [4.69, 9.17) is 5.73 Å². The van der Waals surface area contributed by atoms with Gasteiger partial charge in [-0.25, -0.2) is 4.79 Å². The van der Waals surface area contributed by atoms with Crippen LogP contribution in [0.1, 0.15) is 6.92 Å². The van der Waals surface area contributed by atoms with Gasteiger partial charge in [-0.05, 0) is 6.92 Å². The van der Waals surface area contributed by atoms with E-state index < -0.39 is 45.0 Å². The quantitative estimate of drug-likeness (QED) is 0.345. The molecule has 0 aromatic carbocycles. The zero-order valence-corrected chi connectivity index (χ0v) is 10.2. The molecule has 0 saturated carbocycles. The summed E-state index contributed by atoms with van der Waals surface area (Å²) in [5.41, 5.74) is 3.47. The summed E-state index contributed by atoms with van der Waals surface area (Å²) in [6.07, 6.45) is 0. The molecule has 3 N–H and O–H groups in total. The lowest BCUT2D eigenvalue weighted by Gasteiger charge is -2.52. The van der Waals surface area contributed by atoms with Gasteiger partial charge >= 0.3 is 5.97 Å². The number of rotatable bonds is 2. The molecule has 3 aliphatic heterocycles. The Kier molecular flexibility index (Phi) is 1.91. The molecule has 3 rings (SSSR count). The first kappa shape index (κ1) is 11.7. The van der Waals surface area contributed by atoms with Crippen LogP contribution in [0.5, 0.6) is 0 Å². The summed E-state index contributed by atoms with van der Waals surface area (Å²) in [4.78, 5) is 48.4. The number of aliphatic carboxylic acids is 1. The van der Waals surface area contributed by atoms with Crippen molar-refractivity contribution < 1.29 is 24.3 Å². The minimum atomic E-state index is -2.12. The third-order valence-corrected chi connectivity index (χ3v) is 5.79. The fourth-order valence-corrected chi connectivity index (χ4v) is 4.90. The van der Waals surface area contributed by atoms with Crippen LogP contribution in [0.2, 0.25) is 0 Å². The summed E-state index contributed by atoms with van der Waals surface area (Å²) in [6, 6.07) is 0. The predicted octanol–water partition coefficient (Wildman–Crippen LogP) is -1.79. The highest BCUT2D eigenvalue weighted by Gasteiger charge is 2.83. The molecular formula is C10H10N2O5S. The summed E-state index contributed by atoms with van der Waals surface area (Å²) in [5.74, 6) is -4.97. The van der Waals surface area contributed by atoms with E-state index in [1.807, 2.05) is 0 Å². The fourth-order valence-electron chi connectivity index (χ4n) is 3.08. The molecule has 0 aliphatic carbocycles. The van der Waals surface area contributed by atoms with Gasteiger partial charge in [0.15, 0.2) is 0 Å². The molecule has 3 aliphatic rings. The summed E-state index contributed by atoms with van der Waals surface area (Å²) < 4.78 is -1.17. The van der Waals surface area contributed by atoms with Gasteiger partial charge in [-0.2, -0.15) is 0 Å². The molecule has 96 valence electrons. The van der Waals surface area contributed by atoms with E-state index in [9.17, 15) is 24.3 Å². The number of nitrogens with zero attached hydrogens (tertiary/aromatic N) is 1. The van der Waals surface area contributed by atoms with Gasteiger partial charge in [0.25, 0.3) is 0 Å². The monoisotopic (exact) mass is 270 g/mol. The number of hydrogen-bond donors (Lipinski definition) is 2. The molecule has 0 aromatic rings. The zero-order chi connectivity index (χ0) is 13.5. The van der Waals surface area contributed by atoms with Gasteiger partial charge < -0.3 is 15.7 Å². The number of carboxylic acid groups (broad SMARTS) is 1. The third kappa shape index (κ3) is 0.812. The normalized spacial score (nSPS) is 45.2. The summed E-state index contributed by atoms with van der Waals surface area (Å²) in [7, 11) is 0. The van der Waals surface area contributed by atoms with Crippen LogP contribution in [0, 0.1) is 5.92 Å². The molecule has 8 heteroatoms. The molecule has 3 saturated heterocycles. The largest absolute Gasteiger partial charge is 0.479 e. The molecule has 4 atom stereocenters. The maximum Gasteiger partial charge on any atom is 0.339 e. The van der Waals surface area contributed by atoms with Crippen molar-refractivity contribution in [2.75, 3.05) is 6.54 Å². The van der Waals surface area contributed by atoms with Crippen molar-refractivity contribution in [2.24, 2.45) is 11.7 Å². The highest BCUT2D eigenvalue weighted by atomic mass is 32.2. The van der Waals surface area contributed by atoms with Gasteiger partial charge in [0.1, 0.15) is 5.92 Å². The Balaban J connectivity index is 2.30. The molecule has 3 heterocycles.